The maximum absolute atomic E-state index is 6.37. The van der Waals surface area contributed by atoms with Crippen LogP contribution in [0, 0.1) is 0 Å². The van der Waals surface area contributed by atoms with Gasteiger partial charge in [0.1, 0.15) is 0 Å². The van der Waals surface area contributed by atoms with Crippen LogP contribution in [-0.2, 0) is 12.8 Å². The van der Waals surface area contributed by atoms with Crippen molar-refractivity contribution in [1.29, 1.82) is 0 Å². The molecule has 2 atom stereocenters. The summed E-state index contributed by atoms with van der Waals surface area (Å²) >= 11 is 13.8. The second-order valence-electron chi connectivity index (χ2n) is 8.01. The minimum absolute atomic E-state index is 0.313. The second-order valence-corrected chi connectivity index (χ2v) is 10.2. The van der Waals surface area contributed by atoms with Crippen LogP contribution in [0.2, 0.25) is 5.02 Å². The first-order valence-electron chi connectivity index (χ1n) is 10.1. The molecule has 2 heterocycles. The number of benzene rings is 1. The Bertz CT molecular complexity index is 858. The molecule has 6 heteroatoms. The minimum Gasteiger partial charge on any atom is -0.312 e. The van der Waals surface area contributed by atoms with Crippen molar-refractivity contribution in [3.05, 3.63) is 60.7 Å². The lowest BCUT2D eigenvalue weighted by Crippen LogP contribution is -2.49. The van der Waals surface area contributed by atoms with E-state index in [1.807, 2.05) is 12.3 Å². The third-order valence-electron chi connectivity index (χ3n) is 5.91. The Morgan fingerprint density at radius 2 is 2.04 bits per heavy atom. The first-order chi connectivity index (χ1) is 13.5. The topological polar surface area (TPSA) is 28.2 Å². The molecule has 1 saturated heterocycles. The van der Waals surface area contributed by atoms with Crippen LogP contribution in [0.15, 0.2) is 33.3 Å². The van der Waals surface area contributed by atoms with Gasteiger partial charge in [-0.15, -0.1) is 0 Å². The number of piperazine rings is 1. The SMILES string of the molecule is CC1CN(CCCC2c3ncc(Br)cc3CCc3cc(Cl)cc(Br)c32)CCN1. The number of aromatic nitrogens is 1. The second kappa shape index (κ2) is 9.13. The van der Waals surface area contributed by atoms with Crippen molar-refractivity contribution in [1.82, 2.24) is 15.2 Å². The molecule has 0 radical (unpaired) electrons. The molecule has 150 valence electrons. The van der Waals surface area contributed by atoms with Crippen molar-refractivity contribution in [3.8, 4) is 0 Å². The van der Waals surface area contributed by atoms with E-state index in [-0.39, 0.29) is 0 Å². The van der Waals surface area contributed by atoms with Gasteiger partial charge in [-0.3, -0.25) is 4.98 Å². The van der Waals surface area contributed by atoms with E-state index in [1.54, 1.807) is 0 Å². The van der Waals surface area contributed by atoms with Crippen LogP contribution in [0.25, 0.3) is 0 Å². The number of hydrogen-bond donors (Lipinski definition) is 1. The van der Waals surface area contributed by atoms with Gasteiger partial charge in [-0.2, -0.15) is 0 Å². The molecule has 0 amide bonds. The van der Waals surface area contributed by atoms with Gasteiger partial charge in [0.25, 0.3) is 0 Å². The molecule has 1 aliphatic carbocycles. The lowest BCUT2D eigenvalue weighted by molar-refractivity contribution is 0.203. The van der Waals surface area contributed by atoms with Gasteiger partial charge in [0.15, 0.2) is 0 Å². The van der Waals surface area contributed by atoms with Crippen LogP contribution in [0.3, 0.4) is 0 Å². The maximum Gasteiger partial charge on any atom is 0.0511 e. The monoisotopic (exact) mass is 525 g/mol. The molecule has 0 bridgehead atoms. The molecule has 2 aromatic rings. The smallest absolute Gasteiger partial charge is 0.0511 e. The lowest BCUT2D eigenvalue weighted by Gasteiger charge is -2.32. The van der Waals surface area contributed by atoms with Gasteiger partial charge in [-0.1, -0.05) is 27.5 Å². The van der Waals surface area contributed by atoms with E-state index in [0.717, 1.165) is 59.4 Å². The molecule has 1 aromatic carbocycles. The fraction of sp³-hybridized carbons (Fsp3) is 0.500. The van der Waals surface area contributed by atoms with Gasteiger partial charge in [0.05, 0.1) is 5.69 Å². The molecule has 1 aromatic heterocycles. The van der Waals surface area contributed by atoms with Crippen LogP contribution in [0.1, 0.15) is 48.1 Å². The molecule has 2 aliphatic rings. The van der Waals surface area contributed by atoms with Gasteiger partial charge in [0.2, 0.25) is 0 Å². The molecule has 4 rings (SSSR count). The molecule has 2 unspecified atom stereocenters. The van der Waals surface area contributed by atoms with E-state index in [9.17, 15) is 0 Å². The summed E-state index contributed by atoms with van der Waals surface area (Å²) in [4.78, 5) is 7.46. The van der Waals surface area contributed by atoms with Gasteiger partial charge in [0, 0.05) is 51.8 Å². The third-order valence-corrected chi connectivity index (χ3v) is 7.22. The van der Waals surface area contributed by atoms with Gasteiger partial charge in [-0.25, -0.2) is 0 Å². The number of aryl methyl sites for hydroxylation is 2. The highest BCUT2D eigenvalue weighted by Gasteiger charge is 2.28. The van der Waals surface area contributed by atoms with E-state index in [0.29, 0.717) is 12.0 Å². The molecular weight excluding hydrogens is 502 g/mol. The summed E-state index contributed by atoms with van der Waals surface area (Å²) in [5.74, 6) is 0.313. The molecule has 0 saturated carbocycles. The Labute approximate surface area is 189 Å². The first-order valence-corrected chi connectivity index (χ1v) is 12.1. The highest BCUT2D eigenvalue weighted by atomic mass is 79.9. The van der Waals surface area contributed by atoms with Crippen molar-refractivity contribution in [3.63, 3.8) is 0 Å². The first kappa shape index (κ1) is 20.8. The zero-order chi connectivity index (χ0) is 19.7. The van der Waals surface area contributed by atoms with Gasteiger partial charge >= 0.3 is 0 Å². The summed E-state index contributed by atoms with van der Waals surface area (Å²) in [6.45, 7) is 6.80. The molecular formula is C22H26Br2ClN3. The molecule has 0 spiro atoms. The quantitative estimate of drug-likeness (QED) is 0.564. The maximum atomic E-state index is 6.37. The normalized spacial score (nSPS) is 22.4. The number of nitrogens with zero attached hydrogens (tertiary/aromatic N) is 2. The van der Waals surface area contributed by atoms with Crippen LogP contribution in [0.5, 0.6) is 0 Å². The molecule has 1 aliphatic heterocycles. The summed E-state index contributed by atoms with van der Waals surface area (Å²) in [6, 6.07) is 7.01. The third kappa shape index (κ3) is 4.65. The molecule has 3 nitrogen and oxygen atoms in total. The zero-order valence-corrected chi connectivity index (χ0v) is 20.1. The van der Waals surface area contributed by atoms with Gasteiger partial charge in [-0.05, 0) is 90.0 Å². The van der Waals surface area contributed by atoms with E-state index < -0.39 is 0 Å². The van der Waals surface area contributed by atoms with Crippen molar-refractivity contribution in [2.75, 3.05) is 26.2 Å². The van der Waals surface area contributed by atoms with E-state index in [1.165, 1.54) is 28.8 Å². The number of hydrogen-bond acceptors (Lipinski definition) is 3. The molecule has 1 fully saturated rings. The number of nitrogens with one attached hydrogen (secondary N) is 1. The highest BCUT2D eigenvalue weighted by Crippen LogP contribution is 2.41. The Hall–Kier alpha value is -0.460. The number of pyridine rings is 1. The van der Waals surface area contributed by atoms with Crippen molar-refractivity contribution in [2.45, 2.75) is 44.6 Å². The van der Waals surface area contributed by atoms with Crippen molar-refractivity contribution >= 4 is 43.5 Å². The number of halogens is 3. The standard InChI is InChI=1S/C22H26Br2ClN3/c1-14-13-28(8-6-26-14)7-2-3-19-21-15(10-18(25)11-20(21)24)4-5-16-9-17(23)12-27-22(16)19/h9-12,14,19,26H,2-8,13H2,1H3. The minimum atomic E-state index is 0.313. The highest BCUT2D eigenvalue weighted by molar-refractivity contribution is 9.10. The summed E-state index contributed by atoms with van der Waals surface area (Å²) in [6.07, 6.45) is 6.23. The Morgan fingerprint density at radius 3 is 2.86 bits per heavy atom. The Balaban J connectivity index is 1.61. The van der Waals surface area contributed by atoms with Crippen LogP contribution in [0.4, 0.5) is 0 Å². The van der Waals surface area contributed by atoms with Crippen LogP contribution in [-0.4, -0.2) is 42.1 Å². The predicted molar refractivity (Wildman–Crippen MR) is 123 cm³/mol. The predicted octanol–water partition coefficient (Wildman–Crippen LogP) is 5.56. The van der Waals surface area contributed by atoms with E-state index in [4.69, 9.17) is 16.6 Å². The number of fused-ring (bicyclic) bond motifs is 2. The zero-order valence-electron chi connectivity index (χ0n) is 16.1. The van der Waals surface area contributed by atoms with Crippen molar-refractivity contribution in [2.24, 2.45) is 0 Å². The molecule has 28 heavy (non-hydrogen) atoms. The van der Waals surface area contributed by atoms with Crippen LogP contribution >= 0.6 is 43.5 Å². The Kier molecular flexibility index (Phi) is 6.78. The van der Waals surface area contributed by atoms with E-state index in [2.05, 4.69) is 61.1 Å². The number of rotatable bonds is 4. The fourth-order valence-electron chi connectivity index (χ4n) is 4.66. The molecule has 1 N–H and O–H groups in total. The van der Waals surface area contributed by atoms with Crippen LogP contribution < -0.4 is 5.32 Å². The average Bonchev–Trinajstić information content (AvgIpc) is 2.79. The Morgan fingerprint density at radius 1 is 1.21 bits per heavy atom. The average molecular weight is 528 g/mol. The van der Waals surface area contributed by atoms with Gasteiger partial charge < -0.3 is 10.2 Å². The summed E-state index contributed by atoms with van der Waals surface area (Å²) in [5, 5.41) is 4.33. The lowest BCUT2D eigenvalue weighted by atomic mass is 9.87. The summed E-state index contributed by atoms with van der Waals surface area (Å²) in [5.41, 5.74) is 5.33. The van der Waals surface area contributed by atoms with Crippen molar-refractivity contribution < 1.29 is 0 Å². The summed E-state index contributed by atoms with van der Waals surface area (Å²) in [7, 11) is 0. The summed E-state index contributed by atoms with van der Waals surface area (Å²) < 4.78 is 2.18. The largest absolute Gasteiger partial charge is 0.312 e. The fourth-order valence-corrected chi connectivity index (χ4v) is 6.19. The van der Waals surface area contributed by atoms with E-state index >= 15 is 0 Å².